The fraction of sp³-hybridized carbons (Fsp3) is 0.353. The van der Waals surface area contributed by atoms with Crippen LogP contribution < -0.4 is 0 Å². The molecular weight excluding hydrogens is 276 g/mol. The minimum absolute atomic E-state index is 0.0616. The quantitative estimate of drug-likeness (QED) is 0.854. The smallest absolute Gasteiger partial charge is 0.274 e. The molecule has 0 saturated carbocycles. The predicted molar refractivity (Wildman–Crippen MR) is 84.7 cm³/mol. The lowest BCUT2D eigenvalue weighted by atomic mass is 10.2. The van der Waals surface area contributed by atoms with Gasteiger partial charge < -0.3 is 4.90 Å². The van der Waals surface area contributed by atoms with Gasteiger partial charge in [0.05, 0.1) is 18.3 Å². The van der Waals surface area contributed by atoms with Crippen LogP contribution in [0.5, 0.6) is 0 Å². The van der Waals surface area contributed by atoms with E-state index in [0.717, 1.165) is 36.3 Å². The van der Waals surface area contributed by atoms with E-state index in [-0.39, 0.29) is 11.9 Å². The van der Waals surface area contributed by atoms with E-state index in [9.17, 15) is 4.79 Å². The molecule has 0 unspecified atom stereocenters. The first-order valence-corrected chi connectivity index (χ1v) is 7.70. The zero-order valence-electron chi connectivity index (χ0n) is 12.6. The molecule has 0 bridgehead atoms. The standard InChI is InChI=1S/C17H18N4O/c1-12-15-16(17(22)20-9-5-8-14(20)10-18-15)21(19-12)11-13-6-3-2-4-7-13/h2-4,6-7,10,14H,5,8-9,11H2,1H3/t14-/m0/s1. The van der Waals surface area contributed by atoms with Crippen molar-refractivity contribution in [2.24, 2.45) is 4.99 Å². The van der Waals surface area contributed by atoms with Gasteiger partial charge in [0, 0.05) is 12.8 Å². The molecule has 5 nitrogen and oxygen atoms in total. The Morgan fingerprint density at radius 3 is 2.91 bits per heavy atom. The van der Waals surface area contributed by atoms with Crippen molar-refractivity contribution < 1.29 is 4.79 Å². The maximum Gasteiger partial charge on any atom is 0.274 e. The van der Waals surface area contributed by atoms with E-state index < -0.39 is 0 Å². The second kappa shape index (κ2) is 5.09. The normalized spacial score (nSPS) is 20.0. The Hall–Kier alpha value is -2.43. The van der Waals surface area contributed by atoms with Crippen LogP contribution in [0.15, 0.2) is 35.3 Å². The number of rotatable bonds is 2. The van der Waals surface area contributed by atoms with E-state index in [0.29, 0.717) is 12.2 Å². The Kier molecular flexibility index (Phi) is 3.06. The van der Waals surface area contributed by atoms with E-state index in [1.807, 2.05) is 48.4 Å². The van der Waals surface area contributed by atoms with Gasteiger partial charge in [-0.1, -0.05) is 30.3 Å². The van der Waals surface area contributed by atoms with Crippen molar-refractivity contribution in [3.63, 3.8) is 0 Å². The number of aromatic nitrogens is 2. The Balaban J connectivity index is 1.78. The molecule has 1 aromatic carbocycles. The fourth-order valence-electron chi connectivity index (χ4n) is 3.31. The zero-order chi connectivity index (χ0) is 15.1. The Morgan fingerprint density at radius 2 is 2.09 bits per heavy atom. The monoisotopic (exact) mass is 294 g/mol. The van der Waals surface area contributed by atoms with E-state index in [1.165, 1.54) is 0 Å². The van der Waals surface area contributed by atoms with E-state index in [4.69, 9.17) is 0 Å². The third kappa shape index (κ3) is 2.04. The zero-order valence-corrected chi connectivity index (χ0v) is 12.6. The molecule has 5 heteroatoms. The van der Waals surface area contributed by atoms with Gasteiger partial charge >= 0.3 is 0 Å². The molecule has 2 aromatic rings. The number of fused-ring (bicyclic) bond motifs is 2. The van der Waals surface area contributed by atoms with Crippen LogP contribution in [0.2, 0.25) is 0 Å². The number of aliphatic imine (C=N–C) groups is 1. The number of nitrogens with zero attached hydrogens (tertiary/aromatic N) is 4. The maximum atomic E-state index is 12.9. The lowest BCUT2D eigenvalue weighted by Gasteiger charge is -2.20. The van der Waals surface area contributed by atoms with E-state index in [2.05, 4.69) is 10.1 Å². The summed E-state index contributed by atoms with van der Waals surface area (Å²) in [6.45, 7) is 3.32. The molecule has 2 aliphatic heterocycles. The summed E-state index contributed by atoms with van der Waals surface area (Å²) in [4.78, 5) is 19.4. The summed E-state index contributed by atoms with van der Waals surface area (Å²) in [6.07, 6.45) is 3.96. The number of aryl methyl sites for hydroxylation is 1. The van der Waals surface area contributed by atoms with Crippen LogP contribution in [0.4, 0.5) is 5.69 Å². The molecule has 1 atom stereocenters. The first kappa shape index (κ1) is 13.2. The summed E-state index contributed by atoms with van der Waals surface area (Å²) in [7, 11) is 0. The highest BCUT2D eigenvalue weighted by Crippen LogP contribution is 2.31. The van der Waals surface area contributed by atoms with Crippen molar-refractivity contribution in [2.75, 3.05) is 6.54 Å². The summed E-state index contributed by atoms with van der Waals surface area (Å²) in [5.41, 5.74) is 3.31. The van der Waals surface area contributed by atoms with Crippen LogP contribution in [-0.4, -0.2) is 39.4 Å². The average Bonchev–Trinajstić information content (AvgIpc) is 3.07. The van der Waals surface area contributed by atoms with Crippen LogP contribution in [0.3, 0.4) is 0 Å². The molecule has 4 rings (SSSR count). The molecule has 1 aromatic heterocycles. The first-order chi connectivity index (χ1) is 10.7. The SMILES string of the molecule is Cc1nn(Cc2ccccc2)c2c1N=C[C@@H]1CCCN1C2=O. The van der Waals surface area contributed by atoms with Crippen molar-refractivity contribution in [3.05, 3.63) is 47.3 Å². The fourth-order valence-corrected chi connectivity index (χ4v) is 3.31. The first-order valence-electron chi connectivity index (χ1n) is 7.70. The predicted octanol–water partition coefficient (Wildman–Crippen LogP) is 2.56. The van der Waals surface area contributed by atoms with Crippen LogP contribution in [0.25, 0.3) is 0 Å². The second-order valence-corrected chi connectivity index (χ2v) is 5.91. The van der Waals surface area contributed by atoms with Crippen LogP contribution in [0.1, 0.15) is 34.6 Å². The number of amides is 1. The van der Waals surface area contributed by atoms with Crippen LogP contribution in [0, 0.1) is 6.92 Å². The second-order valence-electron chi connectivity index (χ2n) is 5.91. The number of hydrogen-bond acceptors (Lipinski definition) is 3. The van der Waals surface area contributed by atoms with Gasteiger partial charge in [-0.15, -0.1) is 0 Å². The van der Waals surface area contributed by atoms with E-state index in [1.54, 1.807) is 4.68 Å². The Bertz CT molecular complexity index is 748. The van der Waals surface area contributed by atoms with E-state index >= 15 is 0 Å². The van der Waals surface area contributed by atoms with Crippen molar-refractivity contribution in [1.29, 1.82) is 0 Å². The van der Waals surface area contributed by atoms with Gasteiger partial charge in [-0.25, -0.2) is 0 Å². The van der Waals surface area contributed by atoms with Crippen molar-refractivity contribution in [3.8, 4) is 0 Å². The van der Waals surface area contributed by atoms with Gasteiger partial charge in [0.15, 0.2) is 5.69 Å². The Morgan fingerprint density at radius 1 is 1.27 bits per heavy atom. The molecular formula is C17H18N4O. The lowest BCUT2D eigenvalue weighted by molar-refractivity contribution is 0.0763. The van der Waals surface area contributed by atoms with Gasteiger partial charge in [-0.2, -0.15) is 5.10 Å². The number of benzene rings is 1. The molecule has 1 fully saturated rings. The van der Waals surface area contributed by atoms with Crippen LogP contribution >= 0.6 is 0 Å². The number of carbonyl (C=O) groups excluding carboxylic acids is 1. The van der Waals surface area contributed by atoms with Gasteiger partial charge in [-0.05, 0) is 25.3 Å². The van der Waals surface area contributed by atoms with Gasteiger partial charge in [0.2, 0.25) is 0 Å². The molecule has 1 saturated heterocycles. The average molecular weight is 294 g/mol. The topological polar surface area (TPSA) is 50.5 Å². The summed E-state index contributed by atoms with van der Waals surface area (Å²) in [5.74, 6) is 0.0616. The third-order valence-corrected chi connectivity index (χ3v) is 4.41. The molecule has 2 aliphatic rings. The molecule has 0 aliphatic carbocycles. The van der Waals surface area contributed by atoms with Crippen molar-refractivity contribution in [1.82, 2.24) is 14.7 Å². The number of hydrogen-bond donors (Lipinski definition) is 0. The minimum Gasteiger partial charge on any atom is -0.329 e. The minimum atomic E-state index is 0.0616. The highest BCUT2D eigenvalue weighted by Gasteiger charge is 2.35. The van der Waals surface area contributed by atoms with Crippen LogP contribution in [-0.2, 0) is 6.54 Å². The third-order valence-electron chi connectivity index (χ3n) is 4.41. The lowest BCUT2D eigenvalue weighted by Crippen LogP contribution is -2.36. The highest BCUT2D eigenvalue weighted by atomic mass is 16.2. The molecule has 1 amide bonds. The number of carbonyl (C=O) groups is 1. The van der Waals surface area contributed by atoms with Gasteiger partial charge in [0.1, 0.15) is 5.69 Å². The highest BCUT2D eigenvalue weighted by molar-refractivity contribution is 6.01. The van der Waals surface area contributed by atoms with Crippen molar-refractivity contribution >= 4 is 17.8 Å². The summed E-state index contributed by atoms with van der Waals surface area (Å²) < 4.78 is 1.81. The molecule has 0 radical (unpaired) electrons. The summed E-state index contributed by atoms with van der Waals surface area (Å²) in [5, 5.41) is 4.55. The van der Waals surface area contributed by atoms with Gasteiger partial charge in [-0.3, -0.25) is 14.5 Å². The maximum absolute atomic E-state index is 12.9. The molecule has 22 heavy (non-hydrogen) atoms. The summed E-state index contributed by atoms with van der Waals surface area (Å²) >= 11 is 0. The van der Waals surface area contributed by atoms with Crippen molar-refractivity contribution in [2.45, 2.75) is 32.4 Å². The summed E-state index contributed by atoms with van der Waals surface area (Å²) in [6, 6.07) is 10.2. The molecule has 3 heterocycles. The largest absolute Gasteiger partial charge is 0.329 e. The Labute approximate surface area is 129 Å². The molecule has 112 valence electrons. The molecule has 0 N–H and O–H groups in total. The molecule has 0 spiro atoms. The van der Waals surface area contributed by atoms with Gasteiger partial charge in [0.25, 0.3) is 5.91 Å².